The van der Waals surface area contributed by atoms with Gasteiger partial charge in [0.1, 0.15) is 18.2 Å². The Kier molecular flexibility index (Phi) is 4.24. The minimum absolute atomic E-state index is 0.0199. The zero-order valence-electron chi connectivity index (χ0n) is 10.6. The maximum Gasteiger partial charge on any atom is 0.181 e. The van der Waals surface area contributed by atoms with Crippen LogP contribution in [-0.4, -0.2) is 20.8 Å². The summed E-state index contributed by atoms with van der Waals surface area (Å²) in [5.41, 5.74) is 6.13. The molecule has 0 fully saturated rings. The summed E-state index contributed by atoms with van der Waals surface area (Å²) in [6.07, 6.45) is 0. The van der Waals surface area contributed by atoms with E-state index in [1.165, 1.54) is 12.1 Å². The molecule has 0 bridgehead atoms. The monoisotopic (exact) mass is 295 g/mol. The minimum atomic E-state index is -3.49. The molecule has 0 radical (unpaired) electrons. The van der Waals surface area contributed by atoms with Crippen molar-refractivity contribution >= 4 is 15.5 Å². The SMILES string of the molecule is Nc1ccccc1OCCS(=O)(=O)c1ccc(F)cc1. The first-order valence-electron chi connectivity index (χ1n) is 5.95. The zero-order chi connectivity index (χ0) is 14.6. The number of benzene rings is 2. The summed E-state index contributed by atoms with van der Waals surface area (Å²) in [6.45, 7) is -0.0199. The second kappa shape index (κ2) is 5.92. The maximum absolute atomic E-state index is 12.8. The highest BCUT2D eigenvalue weighted by Crippen LogP contribution is 2.20. The fraction of sp³-hybridized carbons (Fsp3) is 0.143. The Morgan fingerprint density at radius 2 is 1.70 bits per heavy atom. The van der Waals surface area contributed by atoms with E-state index in [1.54, 1.807) is 24.3 Å². The van der Waals surface area contributed by atoms with Gasteiger partial charge >= 0.3 is 0 Å². The highest BCUT2D eigenvalue weighted by Gasteiger charge is 2.14. The highest BCUT2D eigenvalue weighted by atomic mass is 32.2. The molecule has 2 rings (SSSR count). The van der Waals surface area contributed by atoms with Crippen molar-refractivity contribution in [1.29, 1.82) is 0 Å². The Bertz CT molecular complexity index is 684. The van der Waals surface area contributed by atoms with Gasteiger partial charge in [-0.15, -0.1) is 0 Å². The van der Waals surface area contributed by atoms with Gasteiger partial charge in [0.2, 0.25) is 0 Å². The first-order valence-corrected chi connectivity index (χ1v) is 7.60. The lowest BCUT2D eigenvalue weighted by molar-refractivity contribution is 0.342. The maximum atomic E-state index is 12.8. The van der Waals surface area contributed by atoms with E-state index in [-0.39, 0.29) is 17.3 Å². The van der Waals surface area contributed by atoms with E-state index in [4.69, 9.17) is 10.5 Å². The number of hydrogen-bond donors (Lipinski definition) is 1. The lowest BCUT2D eigenvalue weighted by Gasteiger charge is -2.09. The molecule has 106 valence electrons. The average molecular weight is 295 g/mol. The standard InChI is InChI=1S/C14H14FNO3S/c15-11-5-7-12(8-6-11)20(17,18)10-9-19-14-4-2-1-3-13(14)16/h1-8H,9-10,16H2. The van der Waals surface area contributed by atoms with Crippen LogP contribution in [0.3, 0.4) is 0 Å². The van der Waals surface area contributed by atoms with Gasteiger partial charge in [0, 0.05) is 0 Å². The van der Waals surface area contributed by atoms with Crippen molar-refractivity contribution in [2.45, 2.75) is 4.90 Å². The van der Waals surface area contributed by atoms with Crippen molar-refractivity contribution in [3.8, 4) is 5.75 Å². The van der Waals surface area contributed by atoms with E-state index >= 15 is 0 Å². The second-order valence-corrected chi connectivity index (χ2v) is 6.27. The molecule has 0 saturated carbocycles. The first kappa shape index (κ1) is 14.3. The summed E-state index contributed by atoms with van der Waals surface area (Å²) in [4.78, 5) is 0.0727. The number of anilines is 1. The van der Waals surface area contributed by atoms with E-state index in [9.17, 15) is 12.8 Å². The van der Waals surface area contributed by atoms with Gasteiger partial charge in [0.15, 0.2) is 9.84 Å². The molecule has 0 spiro atoms. The van der Waals surface area contributed by atoms with Gasteiger partial charge in [-0.1, -0.05) is 12.1 Å². The van der Waals surface area contributed by atoms with Crippen LogP contribution in [0, 0.1) is 5.82 Å². The van der Waals surface area contributed by atoms with E-state index in [0.717, 1.165) is 12.1 Å². The van der Waals surface area contributed by atoms with Crippen molar-refractivity contribution in [3.63, 3.8) is 0 Å². The van der Waals surface area contributed by atoms with Crippen LogP contribution >= 0.6 is 0 Å². The van der Waals surface area contributed by atoms with E-state index in [2.05, 4.69) is 0 Å². The zero-order valence-corrected chi connectivity index (χ0v) is 11.4. The normalized spacial score (nSPS) is 11.2. The summed E-state index contributed by atoms with van der Waals surface area (Å²) in [5, 5.41) is 0. The molecule has 2 aromatic rings. The fourth-order valence-electron chi connectivity index (χ4n) is 1.63. The quantitative estimate of drug-likeness (QED) is 0.678. The average Bonchev–Trinajstić information content (AvgIpc) is 2.41. The molecule has 0 amide bonds. The summed E-state index contributed by atoms with van der Waals surface area (Å²) < 4.78 is 42.1. The minimum Gasteiger partial charge on any atom is -0.490 e. The van der Waals surface area contributed by atoms with Crippen LogP contribution in [0.5, 0.6) is 5.75 Å². The number of rotatable bonds is 5. The Morgan fingerprint density at radius 1 is 1.05 bits per heavy atom. The Morgan fingerprint density at radius 3 is 2.35 bits per heavy atom. The molecule has 0 unspecified atom stereocenters. The molecular weight excluding hydrogens is 281 g/mol. The molecule has 0 heterocycles. The highest BCUT2D eigenvalue weighted by molar-refractivity contribution is 7.91. The summed E-state index contributed by atoms with van der Waals surface area (Å²) in [7, 11) is -3.49. The molecule has 4 nitrogen and oxygen atoms in total. The number of nitrogen functional groups attached to an aromatic ring is 1. The van der Waals surface area contributed by atoms with Crippen molar-refractivity contribution in [2.24, 2.45) is 0 Å². The molecule has 0 aromatic heterocycles. The molecule has 0 aliphatic heterocycles. The van der Waals surface area contributed by atoms with Gasteiger partial charge in [0.25, 0.3) is 0 Å². The van der Waals surface area contributed by atoms with Gasteiger partial charge in [-0.05, 0) is 36.4 Å². The van der Waals surface area contributed by atoms with E-state index in [1.807, 2.05) is 0 Å². The van der Waals surface area contributed by atoms with E-state index in [0.29, 0.717) is 11.4 Å². The summed E-state index contributed by atoms with van der Waals surface area (Å²) in [6, 6.07) is 11.6. The molecule has 0 aliphatic carbocycles. The van der Waals surface area contributed by atoms with Gasteiger partial charge in [0.05, 0.1) is 16.3 Å². The van der Waals surface area contributed by atoms with Crippen LogP contribution in [0.2, 0.25) is 0 Å². The Balaban J connectivity index is 2.00. The number of halogens is 1. The lowest BCUT2D eigenvalue weighted by atomic mass is 10.3. The van der Waals surface area contributed by atoms with E-state index < -0.39 is 15.7 Å². The lowest BCUT2D eigenvalue weighted by Crippen LogP contribution is -2.14. The molecule has 0 atom stereocenters. The predicted octanol–water partition coefficient (Wildman–Crippen LogP) is 2.26. The molecular formula is C14H14FNO3S. The van der Waals surface area contributed by atoms with Crippen molar-refractivity contribution in [3.05, 3.63) is 54.3 Å². The van der Waals surface area contributed by atoms with Crippen LogP contribution in [0.1, 0.15) is 0 Å². The third-order valence-corrected chi connectivity index (χ3v) is 4.40. The number of ether oxygens (including phenoxy) is 1. The third kappa shape index (κ3) is 3.48. The number of sulfone groups is 1. The van der Waals surface area contributed by atoms with Crippen molar-refractivity contribution in [1.82, 2.24) is 0 Å². The second-order valence-electron chi connectivity index (χ2n) is 4.16. The molecule has 2 N–H and O–H groups in total. The van der Waals surface area contributed by atoms with Crippen LogP contribution in [0.15, 0.2) is 53.4 Å². The Labute approximate surface area is 116 Å². The molecule has 6 heteroatoms. The fourth-order valence-corrected chi connectivity index (χ4v) is 2.72. The summed E-state index contributed by atoms with van der Waals surface area (Å²) in [5.74, 6) is -0.230. The molecule has 0 aliphatic rings. The van der Waals surface area contributed by atoms with Crippen LogP contribution < -0.4 is 10.5 Å². The van der Waals surface area contributed by atoms with Crippen molar-refractivity contribution < 1.29 is 17.5 Å². The van der Waals surface area contributed by atoms with Crippen LogP contribution in [0.25, 0.3) is 0 Å². The Hall–Kier alpha value is -2.08. The number of hydrogen-bond acceptors (Lipinski definition) is 4. The molecule has 0 saturated heterocycles. The van der Waals surface area contributed by atoms with Gasteiger partial charge in [-0.25, -0.2) is 12.8 Å². The van der Waals surface area contributed by atoms with Crippen LogP contribution in [0.4, 0.5) is 10.1 Å². The predicted molar refractivity (Wildman–Crippen MR) is 74.8 cm³/mol. The molecule has 2 aromatic carbocycles. The smallest absolute Gasteiger partial charge is 0.181 e. The van der Waals surface area contributed by atoms with Crippen molar-refractivity contribution in [2.75, 3.05) is 18.1 Å². The number of nitrogens with two attached hydrogens (primary N) is 1. The third-order valence-electron chi connectivity index (χ3n) is 2.70. The number of para-hydroxylation sites is 2. The first-order chi connectivity index (χ1) is 9.49. The molecule has 20 heavy (non-hydrogen) atoms. The van der Waals surface area contributed by atoms with Gasteiger partial charge in [-0.2, -0.15) is 0 Å². The van der Waals surface area contributed by atoms with Crippen LogP contribution in [-0.2, 0) is 9.84 Å². The van der Waals surface area contributed by atoms with Gasteiger partial charge < -0.3 is 10.5 Å². The topological polar surface area (TPSA) is 69.4 Å². The summed E-state index contributed by atoms with van der Waals surface area (Å²) >= 11 is 0. The van der Waals surface area contributed by atoms with Gasteiger partial charge in [-0.3, -0.25) is 0 Å². The largest absolute Gasteiger partial charge is 0.490 e.